The van der Waals surface area contributed by atoms with Gasteiger partial charge in [0.15, 0.2) is 17.9 Å². The summed E-state index contributed by atoms with van der Waals surface area (Å²) in [6.45, 7) is 2.46. The van der Waals surface area contributed by atoms with Gasteiger partial charge >= 0.3 is 5.97 Å². The van der Waals surface area contributed by atoms with Gasteiger partial charge in [-0.1, -0.05) is 71.1 Å². The molecule has 0 aliphatic heterocycles. The third kappa shape index (κ3) is 45.5. The molecule has 119 heavy (non-hydrogen) atoms. The number of nitrogens with two attached hydrogens (primary N) is 10. The molecule has 0 fully saturated rings. The van der Waals surface area contributed by atoms with Crippen molar-refractivity contribution in [3.63, 3.8) is 0 Å². The number of carboxylic acids is 1. The molecule has 11 amide bonds. The smallest absolute Gasteiger partial charge is 0.326 e. The number of hydrogen-bond donors (Lipinski definition) is 25. The molecule has 0 saturated carbocycles. The Labute approximate surface area is 695 Å². The molecule has 0 aliphatic rings. The number of carbonyl (C=O) groups excluding carboxylic acids is 11. The van der Waals surface area contributed by atoms with Crippen LogP contribution in [0.4, 0.5) is 0 Å². The van der Waals surface area contributed by atoms with Gasteiger partial charge in [0, 0.05) is 81.0 Å². The number of amides is 11. The number of unbranched alkanes of at least 4 members (excludes halogenated alkanes) is 14. The fourth-order valence-electron chi connectivity index (χ4n) is 12.8. The Balaban J connectivity index is 1.98. The van der Waals surface area contributed by atoms with Crippen LogP contribution in [0.25, 0.3) is 0 Å². The van der Waals surface area contributed by atoms with Crippen molar-refractivity contribution >= 4 is 88.8 Å². The largest absolute Gasteiger partial charge is 0.480 e. The van der Waals surface area contributed by atoms with Crippen LogP contribution in [-0.4, -0.2) is 237 Å². The van der Waals surface area contributed by atoms with Gasteiger partial charge < -0.3 is 136 Å². The minimum Gasteiger partial charge on any atom is -0.480 e. The topological polar surface area (TPSA) is 741 Å². The summed E-state index contributed by atoms with van der Waals surface area (Å²) in [7, 11) is 0. The number of rotatable bonds is 68. The number of carbonyl (C=O) groups is 12. The van der Waals surface area contributed by atoms with Gasteiger partial charge in [-0.3, -0.25) is 67.7 Å². The highest BCUT2D eigenvalue weighted by atomic mass is 16.4. The van der Waals surface area contributed by atoms with Crippen LogP contribution < -0.4 is 116 Å². The van der Waals surface area contributed by atoms with E-state index in [2.05, 4.69) is 110 Å². The number of aromatic nitrogens is 6. The second-order valence-electron chi connectivity index (χ2n) is 29.4. The fourth-order valence-corrected chi connectivity index (χ4v) is 12.8. The fraction of sp³-hybridized carbons (Fsp3) is 0.684. The zero-order valence-corrected chi connectivity index (χ0v) is 69.0. The molecule has 0 saturated heterocycles. The van der Waals surface area contributed by atoms with Crippen molar-refractivity contribution < 1.29 is 62.6 Å². The van der Waals surface area contributed by atoms with Crippen LogP contribution in [0.1, 0.15) is 217 Å². The predicted octanol–water partition coefficient (Wildman–Crippen LogP) is -3.69. The van der Waals surface area contributed by atoms with Crippen molar-refractivity contribution in [3.8, 4) is 0 Å². The summed E-state index contributed by atoms with van der Waals surface area (Å²) in [5, 5.41) is 39.4. The van der Waals surface area contributed by atoms with Crippen LogP contribution in [0.3, 0.4) is 0 Å². The molecular formula is C76H136N30O13. The molecule has 3 aromatic rings. The molecule has 668 valence electrons. The molecule has 43 nitrogen and oxygen atoms in total. The SMILES string of the molecule is CCCCCCCCCCCCCC(=O)N[C@@H](CCCN=C(N)N)C(=O)N[C@@H](Cc1cnc[nH]1)C(=O)N[C@@H](CCCCN)C(=O)N[C@@H](CCCN=C(N)N)C(=O)N[C@@H](Cc1cnc[nH]1)C(=O)N[C@@H](CCCCN)C(=O)N[C@@H](CCCN=C(N)N)C(=O)N[C@@H](CCCCN)C(=O)NCC(=O)N[C@@H](Cc1cnc[nH]1)C(=O)N[C@@H](CCCCN)C(=O)O. The lowest BCUT2D eigenvalue weighted by atomic mass is 10.0. The number of aromatic amines is 3. The molecule has 0 aromatic carbocycles. The summed E-state index contributed by atoms with van der Waals surface area (Å²) in [5.41, 5.74) is 58.3. The first-order valence-corrected chi connectivity index (χ1v) is 41.6. The van der Waals surface area contributed by atoms with Gasteiger partial charge in [0.05, 0.1) is 25.5 Å². The van der Waals surface area contributed by atoms with Crippen LogP contribution >= 0.6 is 0 Å². The van der Waals surface area contributed by atoms with Crippen molar-refractivity contribution in [2.45, 2.75) is 279 Å². The number of aliphatic imine (C=N–C) groups is 3. The van der Waals surface area contributed by atoms with Crippen molar-refractivity contribution in [1.29, 1.82) is 0 Å². The Bertz CT molecular complexity index is 3540. The summed E-state index contributed by atoms with van der Waals surface area (Å²) < 4.78 is 0. The highest BCUT2D eigenvalue weighted by Crippen LogP contribution is 2.16. The zero-order valence-electron chi connectivity index (χ0n) is 69.0. The van der Waals surface area contributed by atoms with Gasteiger partial charge in [0.1, 0.15) is 60.4 Å². The second kappa shape index (κ2) is 61.3. The molecule has 10 atom stereocenters. The van der Waals surface area contributed by atoms with Gasteiger partial charge in [-0.05, 0) is 148 Å². The number of aliphatic carboxylic acids is 1. The van der Waals surface area contributed by atoms with Crippen LogP contribution in [0.15, 0.2) is 52.5 Å². The maximum absolute atomic E-state index is 15.0. The normalized spacial score (nSPS) is 13.6. The Morgan fingerprint density at radius 3 is 0.891 bits per heavy atom. The minimum atomic E-state index is -1.55. The molecule has 0 spiro atoms. The van der Waals surface area contributed by atoms with Gasteiger partial charge in [0.25, 0.3) is 0 Å². The van der Waals surface area contributed by atoms with Gasteiger partial charge in [-0.15, -0.1) is 0 Å². The molecule has 35 N–H and O–H groups in total. The summed E-state index contributed by atoms with van der Waals surface area (Å²) in [4.78, 5) is 204. The molecule has 3 aromatic heterocycles. The molecule has 0 aliphatic carbocycles. The van der Waals surface area contributed by atoms with E-state index in [1.807, 2.05) is 0 Å². The van der Waals surface area contributed by atoms with Crippen molar-refractivity contribution in [1.82, 2.24) is 88.4 Å². The first-order chi connectivity index (χ1) is 57.2. The summed E-state index contributed by atoms with van der Waals surface area (Å²) >= 11 is 0. The maximum atomic E-state index is 15.0. The molecule has 3 heterocycles. The van der Waals surface area contributed by atoms with Crippen molar-refractivity contribution in [3.05, 3.63) is 54.7 Å². The minimum absolute atomic E-state index is 0.0192. The molecule has 3 rings (SSSR count). The number of guanidine groups is 3. The Hall–Kier alpha value is -11.1. The highest BCUT2D eigenvalue weighted by molar-refractivity contribution is 5.99. The highest BCUT2D eigenvalue weighted by Gasteiger charge is 2.37. The first kappa shape index (κ1) is 102. The van der Waals surface area contributed by atoms with E-state index in [0.717, 1.165) is 25.7 Å². The quantitative estimate of drug-likeness (QED) is 0.0147. The van der Waals surface area contributed by atoms with Gasteiger partial charge in [-0.2, -0.15) is 0 Å². The van der Waals surface area contributed by atoms with E-state index in [4.69, 9.17) is 57.3 Å². The van der Waals surface area contributed by atoms with E-state index in [-0.39, 0.29) is 159 Å². The lowest BCUT2D eigenvalue weighted by Crippen LogP contribution is -2.61. The Kier molecular flexibility index (Phi) is 52.6. The maximum Gasteiger partial charge on any atom is 0.326 e. The third-order valence-electron chi connectivity index (χ3n) is 19.3. The van der Waals surface area contributed by atoms with E-state index in [0.29, 0.717) is 75.0 Å². The van der Waals surface area contributed by atoms with Gasteiger partial charge in [-0.25, -0.2) is 19.7 Å². The average Bonchev–Trinajstić information content (AvgIpc) is 1.86. The second-order valence-corrected chi connectivity index (χ2v) is 29.4. The van der Waals surface area contributed by atoms with E-state index < -0.39 is 132 Å². The summed E-state index contributed by atoms with van der Waals surface area (Å²) in [6.07, 6.45) is 22.8. The molecule has 43 heteroatoms. The zero-order chi connectivity index (χ0) is 87.5. The van der Waals surface area contributed by atoms with Gasteiger partial charge in [0.2, 0.25) is 65.0 Å². The number of nitrogens with one attached hydrogen (secondary N) is 14. The third-order valence-corrected chi connectivity index (χ3v) is 19.3. The standard InChI is InChI=1S/C76H136N30O13/c1-2-3-4-5-6-7-8-9-10-11-12-31-62(107)97-53(28-21-36-90-74(81)82)65(110)105-60(40-50-43-88-47-95-50)71(116)102-55(26-15-19-34-79)67(112)101-57(30-23-38-92-76(85)86)69(114)106-61(41-51-44-89-48-96-51)72(117)103-54(25-14-18-33-78)66(111)100-56(29-22-37-91-75(83)84)68(113)99-52(24-13-17-32-77)64(109)93-45-63(108)98-59(39-49-42-87-46-94-49)70(115)104-58(73(118)119)27-16-20-35-80/h42-44,46-48,52-61H,2-41,45,77-80H2,1H3,(H,87,94)(H,88,95)(H,89,96)(H,93,109)(H,97,107)(H,98,108)(H,99,113)(H,100,111)(H,101,112)(H,102,116)(H,103,117)(H,104,115)(H,105,110)(H,106,114)(H,118,119)(H4,81,82,90)(H4,83,84,91)(H4,85,86,92)/t52-,53-,54-,55-,56-,57-,58-,59-,60-,61-/m0/s1. The number of hydrogen-bond acceptors (Lipinski definition) is 22. The van der Waals surface area contributed by atoms with Crippen molar-refractivity contribution in [2.75, 3.05) is 52.4 Å². The Morgan fingerprint density at radius 2 is 0.588 bits per heavy atom. The van der Waals surface area contributed by atoms with Crippen LogP contribution in [0.5, 0.6) is 0 Å². The number of imidazole rings is 3. The molecule has 0 bridgehead atoms. The van der Waals surface area contributed by atoms with E-state index in [1.54, 1.807) is 0 Å². The van der Waals surface area contributed by atoms with E-state index in [1.165, 1.54) is 76.1 Å². The van der Waals surface area contributed by atoms with Crippen LogP contribution in [0.2, 0.25) is 0 Å². The first-order valence-electron chi connectivity index (χ1n) is 41.6. The summed E-state index contributed by atoms with van der Waals surface area (Å²) in [5.74, 6) is -10.9. The molecule has 0 unspecified atom stereocenters. The van der Waals surface area contributed by atoms with Crippen molar-refractivity contribution in [2.24, 2.45) is 72.3 Å². The molecular weight excluding hydrogens is 1540 g/mol. The Morgan fingerprint density at radius 1 is 0.328 bits per heavy atom. The number of carboxylic acid groups (broad SMARTS) is 1. The molecule has 0 radical (unpaired) electrons. The average molecular weight is 1680 g/mol. The lowest BCUT2D eigenvalue weighted by molar-refractivity contribution is -0.142. The number of H-pyrrole nitrogens is 3. The number of nitrogens with zero attached hydrogens (tertiary/aromatic N) is 6. The van der Waals surface area contributed by atoms with E-state index in [9.17, 15) is 53.1 Å². The van der Waals surface area contributed by atoms with E-state index >= 15 is 9.59 Å². The van der Waals surface area contributed by atoms with Crippen LogP contribution in [0, 0.1) is 0 Å². The van der Waals surface area contributed by atoms with Crippen LogP contribution in [-0.2, 0) is 76.8 Å². The summed E-state index contributed by atoms with van der Waals surface area (Å²) in [6, 6.07) is -13.9. The predicted molar refractivity (Wildman–Crippen MR) is 449 cm³/mol. The lowest BCUT2D eigenvalue weighted by Gasteiger charge is -2.28. The monoisotopic (exact) mass is 1680 g/mol.